The summed E-state index contributed by atoms with van der Waals surface area (Å²) < 4.78 is 0. The number of amides is 2. The Balaban J connectivity index is 2.73. The van der Waals surface area contributed by atoms with Gasteiger partial charge in [-0.3, -0.25) is 4.79 Å². The first-order valence-corrected chi connectivity index (χ1v) is 7.33. The third-order valence-corrected chi connectivity index (χ3v) is 3.56. The number of carbonyl (C=O) groups is 3. The van der Waals surface area contributed by atoms with Crippen LogP contribution in [0, 0.1) is 5.92 Å². The van der Waals surface area contributed by atoms with Gasteiger partial charge in [-0.15, -0.1) is 0 Å². The van der Waals surface area contributed by atoms with Crippen LogP contribution in [0.4, 0.5) is 4.79 Å². The molecule has 0 saturated heterocycles. The number of carboxylic acid groups (broad SMARTS) is 2. The molecule has 120 valence electrons. The van der Waals surface area contributed by atoms with Crippen molar-refractivity contribution in [3.8, 4) is 0 Å². The third kappa shape index (κ3) is 5.61. The van der Waals surface area contributed by atoms with Crippen LogP contribution in [-0.2, 0) is 9.59 Å². The van der Waals surface area contributed by atoms with Gasteiger partial charge in [-0.1, -0.05) is 26.7 Å². The average molecular weight is 300 g/mol. The van der Waals surface area contributed by atoms with Gasteiger partial charge in [-0.05, 0) is 18.8 Å². The summed E-state index contributed by atoms with van der Waals surface area (Å²) in [6.45, 7) is 4.51. The van der Waals surface area contributed by atoms with Gasteiger partial charge < -0.3 is 20.4 Å². The number of urea groups is 1. The topological polar surface area (TPSA) is 107 Å². The number of nitrogens with one attached hydrogen (secondary N) is 1. The minimum Gasteiger partial charge on any atom is -0.481 e. The fourth-order valence-electron chi connectivity index (χ4n) is 2.61. The number of aliphatic carboxylic acids is 2. The Labute approximate surface area is 124 Å². The number of carboxylic acids is 2. The van der Waals surface area contributed by atoms with E-state index in [9.17, 15) is 14.4 Å². The molecule has 1 saturated carbocycles. The average Bonchev–Trinajstić information content (AvgIpc) is 2.87. The van der Waals surface area contributed by atoms with Crippen molar-refractivity contribution in [2.24, 2.45) is 5.92 Å². The first-order valence-electron chi connectivity index (χ1n) is 7.33. The maximum atomic E-state index is 12.3. The fraction of sp³-hybridized carbons (Fsp3) is 0.786. The van der Waals surface area contributed by atoms with E-state index in [4.69, 9.17) is 10.2 Å². The Morgan fingerprint density at radius 3 is 2.19 bits per heavy atom. The van der Waals surface area contributed by atoms with E-state index in [0.29, 0.717) is 6.54 Å². The molecule has 0 aromatic heterocycles. The zero-order valence-electron chi connectivity index (χ0n) is 12.5. The molecule has 7 heteroatoms. The zero-order valence-corrected chi connectivity index (χ0v) is 12.5. The van der Waals surface area contributed by atoms with Crippen LogP contribution in [0.3, 0.4) is 0 Å². The number of rotatable bonds is 7. The monoisotopic (exact) mass is 300 g/mol. The van der Waals surface area contributed by atoms with E-state index in [2.05, 4.69) is 5.32 Å². The van der Waals surface area contributed by atoms with Crippen molar-refractivity contribution in [1.29, 1.82) is 0 Å². The molecule has 0 bridgehead atoms. The largest absolute Gasteiger partial charge is 0.481 e. The predicted octanol–water partition coefficient (Wildman–Crippen LogP) is 1.52. The van der Waals surface area contributed by atoms with E-state index < -0.39 is 30.4 Å². The lowest BCUT2D eigenvalue weighted by molar-refractivity contribution is -0.145. The minimum atomic E-state index is -1.40. The molecular weight excluding hydrogens is 276 g/mol. The molecule has 1 aliphatic rings. The van der Waals surface area contributed by atoms with Gasteiger partial charge in [0.25, 0.3) is 0 Å². The van der Waals surface area contributed by atoms with E-state index in [0.717, 1.165) is 25.7 Å². The summed E-state index contributed by atoms with van der Waals surface area (Å²) >= 11 is 0. The Hall–Kier alpha value is -1.79. The molecular formula is C14H24N2O5. The van der Waals surface area contributed by atoms with Crippen molar-refractivity contribution in [1.82, 2.24) is 10.2 Å². The lowest BCUT2D eigenvalue weighted by Crippen LogP contribution is -2.52. The van der Waals surface area contributed by atoms with Gasteiger partial charge in [-0.2, -0.15) is 0 Å². The molecule has 1 aliphatic carbocycles. The smallest absolute Gasteiger partial charge is 0.326 e. The summed E-state index contributed by atoms with van der Waals surface area (Å²) in [6, 6.07) is -1.76. The molecule has 0 heterocycles. The standard InChI is InChI=1S/C14H24N2O5/c1-9(2)8-16(10-5-3-4-6-10)14(21)15-11(13(19)20)7-12(17)18/h9-11H,3-8H2,1-2H3,(H,15,21)(H,17,18)(H,19,20). The molecule has 0 aliphatic heterocycles. The summed E-state index contributed by atoms with van der Waals surface area (Å²) in [5, 5.41) is 20.1. The van der Waals surface area contributed by atoms with Gasteiger partial charge in [0.05, 0.1) is 6.42 Å². The molecule has 21 heavy (non-hydrogen) atoms. The highest BCUT2D eigenvalue weighted by Crippen LogP contribution is 2.24. The van der Waals surface area contributed by atoms with E-state index in [1.165, 1.54) is 0 Å². The van der Waals surface area contributed by atoms with Crippen LogP contribution in [0.25, 0.3) is 0 Å². The molecule has 0 aromatic rings. The Morgan fingerprint density at radius 2 is 1.76 bits per heavy atom. The number of carbonyl (C=O) groups excluding carboxylic acids is 1. The minimum absolute atomic E-state index is 0.117. The SMILES string of the molecule is CC(C)CN(C(=O)NC(CC(=O)O)C(=O)O)C1CCCC1. The maximum absolute atomic E-state index is 12.3. The van der Waals surface area contributed by atoms with Crippen LogP contribution >= 0.6 is 0 Å². The van der Waals surface area contributed by atoms with Crippen LogP contribution < -0.4 is 5.32 Å². The van der Waals surface area contributed by atoms with Gasteiger partial charge in [-0.25, -0.2) is 9.59 Å². The normalized spacial score (nSPS) is 16.7. The summed E-state index contributed by atoms with van der Waals surface area (Å²) in [5.41, 5.74) is 0. The third-order valence-electron chi connectivity index (χ3n) is 3.56. The van der Waals surface area contributed by atoms with Crippen molar-refractivity contribution in [2.45, 2.75) is 58.0 Å². The molecule has 3 N–H and O–H groups in total. The molecule has 0 radical (unpaired) electrons. The summed E-state index contributed by atoms with van der Waals surface area (Å²) in [6.07, 6.45) is 3.32. The van der Waals surface area contributed by atoms with Gasteiger partial charge in [0, 0.05) is 12.6 Å². The van der Waals surface area contributed by atoms with Gasteiger partial charge >= 0.3 is 18.0 Å². The van der Waals surface area contributed by atoms with Gasteiger partial charge in [0.2, 0.25) is 0 Å². The maximum Gasteiger partial charge on any atom is 0.326 e. The van der Waals surface area contributed by atoms with Crippen LogP contribution in [0.2, 0.25) is 0 Å². The van der Waals surface area contributed by atoms with Crippen LogP contribution in [-0.4, -0.2) is 51.7 Å². The van der Waals surface area contributed by atoms with E-state index in [-0.39, 0.29) is 12.0 Å². The Kier molecular flexibility index (Phi) is 6.45. The molecule has 1 atom stereocenters. The quantitative estimate of drug-likeness (QED) is 0.661. The number of nitrogens with zero attached hydrogens (tertiary/aromatic N) is 1. The van der Waals surface area contributed by atoms with Gasteiger partial charge in [0.15, 0.2) is 0 Å². The lowest BCUT2D eigenvalue weighted by atomic mass is 10.1. The second kappa shape index (κ2) is 7.85. The van der Waals surface area contributed by atoms with Crippen molar-refractivity contribution in [2.75, 3.05) is 6.54 Å². The predicted molar refractivity (Wildman–Crippen MR) is 76.0 cm³/mol. The van der Waals surface area contributed by atoms with Gasteiger partial charge in [0.1, 0.15) is 6.04 Å². The fourth-order valence-corrected chi connectivity index (χ4v) is 2.61. The first-order chi connectivity index (χ1) is 9.81. The Bertz CT molecular complexity index is 391. The molecule has 0 spiro atoms. The lowest BCUT2D eigenvalue weighted by Gasteiger charge is -2.31. The summed E-state index contributed by atoms with van der Waals surface area (Å²) in [4.78, 5) is 35.7. The highest BCUT2D eigenvalue weighted by molar-refractivity contribution is 5.86. The number of hydrogen-bond donors (Lipinski definition) is 3. The highest BCUT2D eigenvalue weighted by Gasteiger charge is 2.30. The molecule has 1 fully saturated rings. The van der Waals surface area contributed by atoms with Crippen LogP contribution in [0.15, 0.2) is 0 Å². The molecule has 1 rings (SSSR count). The second-order valence-corrected chi connectivity index (χ2v) is 5.92. The molecule has 7 nitrogen and oxygen atoms in total. The van der Waals surface area contributed by atoms with Crippen LogP contribution in [0.1, 0.15) is 46.0 Å². The van der Waals surface area contributed by atoms with E-state index in [1.54, 1.807) is 4.90 Å². The van der Waals surface area contributed by atoms with Crippen molar-refractivity contribution in [3.05, 3.63) is 0 Å². The Morgan fingerprint density at radius 1 is 1.19 bits per heavy atom. The van der Waals surface area contributed by atoms with Crippen LogP contribution in [0.5, 0.6) is 0 Å². The van der Waals surface area contributed by atoms with E-state index in [1.807, 2.05) is 13.8 Å². The number of hydrogen-bond acceptors (Lipinski definition) is 3. The highest BCUT2D eigenvalue weighted by atomic mass is 16.4. The summed E-state index contributed by atoms with van der Waals surface area (Å²) in [5.74, 6) is -2.32. The molecule has 1 unspecified atom stereocenters. The first kappa shape index (κ1) is 17.3. The van der Waals surface area contributed by atoms with Crippen molar-refractivity contribution >= 4 is 18.0 Å². The molecule has 0 aromatic carbocycles. The van der Waals surface area contributed by atoms with Crippen molar-refractivity contribution < 1.29 is 24.6 Å². The second-order valence-electron chi connectivity index (χ2n) is 5.92. The molecule has 2 amide bonds. The van der Waals surface area contributed by atoms with Crippen molar-refractivity contribution in [3.63, 3.8) is 0 Å². The zero-order chi connectivity index (χ0) is 16.0. The van der Waals surface area contributed by atoms with E-state index >= 15 is 0 Å². The summed E-state index contributed by atoms with van der Waals surface area (Å²) in [7, 11) is 0.